The van der Waals surface area contributed by atoms with Gasteiger partial charge in [-0.25, -0.2) is 0 Å². The van der Waals surface area contributed by atoms with E-state index in [0.717, 1.165) is 9.35 Å². The Morgan fingerprint density at radius 3 is 2.65 bits per heavy atom. The van der Waals surface area contributed by atoms with Gasteiger partial charge in [0.1, 0.15) is 0 Å². The van der Waals surface area contributed by atoms with Gasteiger partial charge < -0.3 is 5.73 Å². The molecule has 5 heteroatoms. The van der Waals surface area contributed by atoms with Gasteiger partial charge in [-0.2, -0.15) is 0 Å². The van der Waals surface area contributed by atoms with E-state index in [1.54, 1.807) is 18.2 Å². The molecule has 88 valence electrons. The summed E-state index contributed by atoms with van der Waals surface area (Å²) in [4.78, 5) is 14.0. The topological polar surface area (TPSA) is 43.1 Å². The Morgan fingerprint density at radius 2 is 2.12 bits per heavy atom. The number of carbonyl (C=O) groups is 1. The molecule has 0 aliphatic heterocycles. The Kier molecular flexibility index (Phi) is 3.56. The highest BCUT2D eigenvalue weighted by Gasteiger charge is 2.18. The van der Waals surface area contributed by atoms with Crippen molar-refractivity contribution < 1.29 is 4.79 Å². The Balaban J connectivity index is 2.47. The van der Waals surface area contributed by atoms with Crippen molar-refractivity contribution in [2.24, 2.45) is 0 Å². The minimum atomic E-state index is -0.0834. The van der Waals surface area contributed by atoms with Crippen LogP contribution >= 0.6 is 38.9 Å². The molecule has 0 bridgehead atoms. The van der Waals surface area contributed by atoms with Crippen molar-refractivity contribution in [3.05, 3.63) is 49.1 Å². The SMILES string of the molecule is Cc1cc(Br)c(C(=O)c2ccc(N)cc2Cl)s1. The average Bonchev–Trinajstić information content (AvgIpc) is 2.57. The van der Waals surface area contributed by atoms with Gasteiger partial charge in [0.25, 0.3) is 0 Å². The van der Waals surface area contributed by atoms with Crippen LogP contribution in [0.25, 0.3) is 0 Å². The van der Waals surface area contributed by atoms with Crippen LogP contribution in [-0.2, 0) is 0 Å². The monoisotopic (exact) mass is 329 g/mol. The zero-order valence-corrected chi connectivity index (χ0v) is 12.1. The maximum atomic E-state index is 12.3. The van der Waals surface area contributed by atoms with Crippen molar-refractivity contribution in [1.29, 1.82) is 0 Å². The number of hydrogen-bond acceptors (Lipinski definition) is 3. The molecule has 2 N–H and O–H groups in total. The van der Waals surface area contributed by atoms with E-state index in [2.05, 4.69) is 15.9 Å². The van der Waals surface area contributed by atoms with Crippen molar-refractivity contribution in [1.82, 2.24) is 0 Å². The molecular weight excluding hydrogens is 322 g/mol. The first-order valence-corrected chi connectivity index (χ1v) is 6.83. The standard InChI is InChI=1S/C12H9BrClNOS/c1-6-4-9(13)12(17-6)11(16)8-3-2-7(15)5-10(8)14/h2-5H,15H2,1H3. The number of thiophene rings is 1. The molecule has 2 aromatic rings. The molecule has 0 atom stereocenters. The fourth-order valence-electron chi connectivity index (χ4n) is 1.48. The molecule has 0 spiro atoms. The van der Waals surface area contributed by atoms with E-state index in [9.17, 15) is 4.79 Å². The Hall–Kier alpha value is -0.840. The molecule has 0 saturated heterocycles. The quantitative estimate of drug-likeness (QED) is 0.659. The smallest absolute Gasteiger partial charge is 0.205 e. The predicted octanol–water partition coefficient (Wildman–Crippen LogP) is 4.29. The molecule has 1 heterocycles. The number of nitrogen functional groups attached to an aromatic ring is 1. The second-order valence-electron chi connectivity index (χ2n) is 3.60. The van der Waals surface area contributed by atoms with Crippen molar-refractivity contribution >= 4 is 50.3 Å². The number of anilines is 1. The van der Waals surface area contributed by atoms with Gasteiger partial charge in [0.15, 0.2) is 0 Å². The zero-order chi connectivity index (χ0) is 12.6. The first-order chi connectivity index (χ1) is 7.99. The Bertz CT molecular complexity index is 594. The lowest BCUT2D eigenvalue weighted by Crippen LogP contribution is -2.01. The molecule has 0 radical (unpaired) electrons. The Morgan fingerprint density at radius 1 is 1.41 bits per heavy atom. The molecule has 1 aromatic carbocycles. The lowest BCUT2D eigenvalue weighted by molar-refractivity contribution is 0.104. The van der Waals surface area contributed by atoms with Gasteiger partial charge in [-0.1, -0.05) is 11.6 Å². The number of rotatable bonds is 2. The number of benzene rings is 1. The average molecular weight is 331 g/mol. The van der Waals surface area contributed by atoms with Crippen LogP contribution in [-0.4, -0.2) is 5.78 Å². The first-order valence-electron chi connectivity index (χ1n) is 4.84. The summed E-state index contributed by atoms with van der Waals surface area (Å²) >= 11 is 10.8. The summed E-state index contributed by atoms with van der Waals surface area (Å²) in [5.74, 6) is -0.0834. The van der Waals surface area contributed by atoms with E-state index in [1.165, 1.54) is 11.3 Å². The van der Waals surface area contributed by atoms with Crippen LogP contribution in [0.5, 0.6) is 0 Å². The second-order valence-corrected chi connectivity index (χ2v) is 6.12. The Labute approximate surface area is 117 Å². The summed E-state index contributed by atoms with van der Waals surface area (Å²) in [5, 5.41) is 0.382. The van der Waals surface area contributed by atoms with E-state index in [1.807, 2.05) is 13.0 Å². The fourth-order valence-corrected chi connectivity index (χ4v) is 3.53. The molecule has 0 amide bonds. The third kappa shape index (κ3) is 2.54. The normalized spacial score (nSPS) is 10.5. The lowest BCUT2D eigenvalue weighted by atomic mass is 10.1. The maximum absolute atomic E-state index is 12.3. The minimum absolute atomic E-state index is 0.0834. The molecule has 0 saturated carbocycles. The van der Waals surface area contributed by atoms with Crippen LogP contribution in [0.4, 0.5) is 5.69 Å². The van der Waals surface area contributed by atoms with E-state index in [-0.39, 0.29) is 5.78 Å². The van der Waals surface area contributed by atoms with Gasteiger partial charge in [0.05, 0.1) is 9.90 Å². The van der Waals surface area contributed by atoms with Crippen molar-refractivity contribution in [2.45, 2.75) is 6.92 Å². The van der Waals surface area contributed by atoms with Crippen molar-refractivity contribution in [3.8, 4) is 0 Å². The fraction of sp³-hybridized carbons (Fsp3) is 0.0833. The van der Waals surface area contributed by atoms with Gasteiger partial charge in [-0.15, -0.1) is 11.3 Å². The lowest BCUT2D eigenvalue weighted by Gasteiger charge is -2.03. The summed E-state index contributed by atoms with van der Waals surface area (Å²) in [6, 6.07) is 6.83. The van der Waals surface area contributed by atoms with Crippen LogP contribution in [0.3, 0.4) is 0 Å². The largest absolute Gasteiger partial charge is 0.399 e. The molecule has 0 fully saturated rings. The van der Waals surface area contributed by atoms with Gasteiger partial charge in [0.2, 0.25) is 5.78 Å². The van der Waals surface area contributed by atoms with Crippen LogP contribution in [0.1, 0.15) is 20.1 Å². The number of ketones is 1. The van der Waals surface area contributed by atoms with E-state index in [0.29, 0.717) is 21.2 Å². The van der Waals surface area contributed by atoms with E-state index < -0.39 is 0 Å². The summed E-state index contributed by atoms with van der Waals surface area (Å²) in [6.45, 7) is 1.96. The number of halogens is 2. The van der Waals surface area contributed by atoms with Crippen molar-refractivity contribution in [2.75, 3.05) is 5.73 Å². The summed E-state index contributed by atoms with van der Waals surface area (Å²) in [5.41, 5.74) is 6.62. The molecular formula is C12H9BrClNOS. The van der Waals surface area contributed by atoms with E-state index >= 15 is 0 Å². The van der Waals surface area contributed by atoms with Gasteiger partial charge in [-0.3, -0.25) is 4.79 Å². The van der Waals surface area contributed by atoms with E-state index in [4.69, 9.17) is 17.3 Å². The molecule has 0 aliphatic rings. The number of nitrogens with two attached hydrogens (primary N) is 1. The molecule has 2 rings (SSSR count). The summed E-state index contributed by atoms with van der Waals surface area (Å²) < 4.78 is 0.804. The van der Waals surface area contributed by atoms with Gasteiger partial charge in [0, 0.05) is 20.6 Å². The molecule has 2 nitrogen and oxygen atoms in total. The van der Waals surface area contributed by atoms with Crippen LogP contribution in [0, 0.1) is 6.92 Å². The maximum Gasteiger partial charge on any atom is 0.205 e. The molecule has 17 heavy (non-hydrogen) atoms. The predicted molar refractivity (Wildman–Crippen MR) is 76.1 cm³/mol. The van der Waals surface area contributed by atoms with Crippen LogP contribution in [0.15, 0.2) is 28.7 Å². The second kappa shape index (κ2) is 4.80. The number of hydrogen-bond donors (Lipinski definition) is 1. The summed E-state index contributed by atoms with van der Waals surface area (Å²) in [7, 11) is 0. The third-order valence-corrected chi connectivity index (χ3v) is 4.50. The van der Waals surface area contributed by atoms with Gasteiger partial charge in [-0.05, 0) is 47.1 Å². The summed E-state index contributed by atoms with van der Waals surface area (Å²) in [6.07, 6.45) is 0. The molecule has 0 aliphatic carbocycles. The highest BCUT2D eigenvalue weighted by atomic mass is 79.9. The van der Waals surface area contributed by atoms with Crippen LogP contribution < -0.4 is 5.73 Å². The van der Waals surface area contributed by atoms with Crippen molar-refractivity contribution in [3.63, 3.8) is 0 Å². The van der Waals surface area contributed by atoms with Crippen LogP contribution in [0.2, 0.25) is 5.02 Å². The highest BCUT2D eigenvalue weighted by molar-refractivity contribution is 9.10. The highest BCUT2D eigenvalue weighted by Crippen LogP contribution is 2.31. The minimum Gasteiger partial charge on any atom is -0.399 e. The van der Waals surface area contributed by atoms with Gasteiger partial charge >= 0.3 is 0 Å². The third-order valence-electron chi connectivity index (χ3n) is 2.25. The molecule has 1 aromatic heterocycles. The number of aryl methyl sites for hydroxylation is 1. The zero-order valence-electron chi connectivity index (χ0n) is 8.96. The first kappa shape index (κ1) is 12.6. The number of carbonyl (C=O) groups excluding carboxylic acids is 1. The molecule has 0 unspecified atom stereocenters.